The highest BCUT2D eigenvalue weighted by atomic mass is 127. The molecule has 0 spiro atoms. The SMILES string of the molecule is CNc1nc(CSc2ccccc2F)nc(C(C)C)c1I. The topological polar surface area (TPSA) is 37.8 Å². The summed E-state index contributed by atoms with van der Waals surface area (Å²) in [6, 6.07) is 6.76. The van der Waals surface area contributed by atoms with Crippen LogP contribution >= 0.6 is 34.4 Å². The number of halogens is 2. The molecule has 112 valence electrons. The molecule has 1 aromatic carbocycles. The summed E-state index contributed by atoms with van der Waals surface area (Å²) >= 11 is 3.68. The van der Waals surface area contributed by atoms with Gasteiger partial charge in [-0.25, -0.2) is 14.4 Å². The number of nitrogens with one attached hydrogen (secondary N) is 1. The normalized spacial score (nSPS) is 11.0. The molecular formula is C15H17FIN3S. The van der Waals surface area contributed by atoms with Gasteiger partial charge in [-0.1, -0.05) is 26.0 Å². The van der Waals surface area contributed by atoms with Gasteiger partial charge in [0.1, 0.15) is 17.5 Å². The zero-order valence-corrected chi connectivity index (χ0v) is 15.1. The highest BCUT2D eigenvalue weighted by molar-refractivity contribution is 14.1. The van der Waals surface area contributed by atoms with Crippen LogP contribution in [0.15, 0.2) is 29.2 Å². The van der Waals surface area contributed by atoms with Gasteiger partial charge in [0.25, 0.3) is 0 Å². The van der Waals surface area contributed by atoms with Crippen molar-refractivity contribution in [3.63, 3.8) is 0 Å². The minimum Gasteiger partial charge on any atom is -0.372 e. The summed E-state index contributed by atoms with van der Waals surface area (Å²) in [7, 11) is 1.85. The molecule has 0 saturated carbocycles. The Morgan fingerprint density at radius 3 is 2.62 bits per heavy atom. The molecule has 1 aromatic heterocycles. The van der Waals surface area contributed by atoms with Gasteiger partial charge in [-0.2, -0.15) is 0 Å². The first kappa shape index (κ1) is 16.5. The Morgan fingerprint density at radius 1 is 1.29 bits per heavy atom. The van der Waals surface area contributed by atoms with Crippen LogP contribution in [0.5, 0.6) is 0 Å². The van der Waals surface area contributed by atoms with Crippen LogP contribution in [0, 0.1) is 9.39 Å². The van der Waals surface area contributed by atoms with Crippen LogP contribution in [0.2, 0.25) is 0 Å². The fourth-order valence-electron chi connectivity index (χ4n) is 1.83. The van der Waals surface area contributed by atoms with E-state index in [1.54, 1.807) is 12.1 Å². The number of hydrogen-bond acceptors (Lipinski definition) is 4. The van der Waals surface area contributed by atoms with E-state index in [0.29, 0.717) is 16.6 Å². The number of thioether (sulfide) groups is 1. The maximum absolute atomic E-state index is 13.6. The van der Waals surface area contributed by atoms with E-state index in [1.807, 2.05) is 13.1 Å². The highest BCUT2D eigenvalue weighted by Gasteiger charge is 2.14. The van der Waals surface area contributed by atoms with Crippen molar-refractivity contribution in [2.24, 2.45) is 0 Å². The average Bonchev–Trinajstić information content (AvgIpc) is 2.47. The van der Waals surface area contributed by atoms with Crippen molar-refractivity contribution in [2.45, 2.75) is 30.4 Å². The molecule has 1 N–H and O–H groups in total. The molecule has 0 aliphatic rings. The number of rotatable bonds is 5. The Balaban J connectivity index is 2.24. The molecule has 0 fully saturated rings. The van der Waals surface area contributed by atoms with E-state index >= 15 is 0 Å². The van der Waals surface area contributed by atoms with E-state index in [9.17, 15) is 4.39 Å². The molecule has 2 rings (SSSR count). The van der Waals surface area contributed by atoms with Crippen molar-refractivity contribution in [3.05, 3.63) is 45.2 Å². The molecule has 21 heavy (non-hydrogen) atoms. The number of hydrogen-bond donors (Lipinski definition) is 1. The summed E-state index contributed by atoms with van der Waals surface area (Å²) in [6.45, 7) is 4.22. The van der Waals surface area contributed by atoms with Crippen LogP contribution in [0.4, 0.5) is 10.2 Å². The first-order chi connectivity index (χ1) is 10.0. The standard InChI is InChI=1S/C15H17FIN3S/c1-9(2)14-13(17)15(18-3)20-12(19-14)8-21-11-7-5-4-6-10(11)16/h4-7,9H,8H2,1-3H3,(H,18,19,20). The highest BCUT2D eigenvalue weighted by Crippen LogP contribution is 2.28. The molecule has 0 amide bonds. The van der Waals surface area contributed by atoms with E-state index in [4.69, 9.17) is 0 Å². The molecule has 6 heteroatoms. The molecule has 0 bridgehead atoms. The van der Waals surface area contributed by atoms with Crippen molar-refractivity contribution in [1.82, 2.24) is 9.97 Å². The number of benzene rings is 1. The molecule has 0 saturated heterocycles. The molecular weight excluding hydrogens is 400 g/mol. The molecule has 0 atom stereocenters. The van der Waals surface area contributed by atoms with Gasteiger partial charge in [0, 0.05) is 11.9 Å². The third-order valence-electron chi connectivity index (χ3n) is 2.90. The maximum Gasteiger partial charge on any atom is 0.143 e. The summed E-state index contributed by atoms with van der Waals surface area (Å²) in [5.74, 6) is 2.22. The van der Waals surface area contributed by atoms with Gasteiger partial charge in [0.05, 0.1) is 15.0 Å². The van der Waals surface area contributed by atoms with Crippen molar-refractivity contribution in [1.29, 1.82) is 0 Å². The van der Waals surface area contributed by atoms with E-state index in [1.165, 1.54) is 17.8 Å². The quantitative estimate of drug-likeness (QED) is 0.567. The largest absolute Gasteiger partial charge is 0.372 e. The summed E-state index contributed by atoms with van der Waals surface area (Å²) < 4.78 is 14.7. The van der Waals surface area contributed by atoms with Crippen molar-refractivity contribution < 1.29 is 4.39 Å². The van der Waals surface area contributed by atoms with E-state index in [2.05, 4.69) is 51.7 Å². The number of aromatic nitrogens is 2. The second-order valence-electron chi connectivity index (χ2n) is 4.81. The summed E-state index contributed by atoms with van der Waals surface area (Å²) in [6.07, 6.45) is 0. The lowest BCUT2D eigenvalue weighted by atomic mass is 10.1. The lowest BCUT2D eigenvalue weighted by Gasteiger charge is -2.13. The smallest absolute Gasteiger partial charge is 0.143 e. The maximum atomic E-state index is 13.6. The average molecular weight is 417 g/mol. The van der Waals surface area contributed by atoms with Gasteiger partial charge in [-0.05, 0) is 40.6 Å². The number of nitrogens with zero attached hydrogens (tertiary/aromatic N) is 2. The number of anilines is 1. The molecule has 1 heterocycles. The Hall–Kier alpha value is -0.890. The minimum atomic E-state index is -0.203. The van der Waals surface area contributed by atoms with Crippen molar-refractivity contribution in [2.75, 3.05) is 12.4 Å². The van der Waals surface area contributed by atoms with Crippen LogP contribution in [0.3, 0.4) is 0 Å². The van der Waals surface area contributed by atoms with E-state index < -0.39 is 0 Å². The predicted molar refractivity (Wildman–Crippen MR) is 94.3 cm³/mol. The minimum absolute atomic E-state index is 0.203. The fraction of sp³-hybridized carbons (Fsp3) is 0.333. The molecule has 3 nitrogen and oxygen atoms in total. The Labute approximate surface area is 142 Å². The van der Waals surface area contributed by atoms with E-state index in [0.717, 1.165) is 20.9 Å². The van der Waals surface area contributed by atoms with Crippen molar-refractivity contribution in [3.8, 4) is 0 Å². The molecule has 0 unspecified atom stereocenters. The lowest BCUT2D eigenvalue weighted by molar-refractivity contribution is 0.602. The Bertz CT molecular complexity index is 634. The van der Waals surface area contributed by atoms with Crippen LogP contribution < -0.4 is 5.32 Å². The van der Waals surface area contributed by atoms with Gasteiger partial charge < -0.3 is 5.32 Å². The Morgan fingerprint density at radius 2 is 2.00 bits per heavy atom. The monoisotopic (exact) mass is 417 g/mol. The lowest BCUT2D eigenvalue weighted by Crippen LogP contribution is -2.08. The summed E-state index contributed by atoms with van der Waals surface area (Å²) in [5, 5.41) is 3.10. The molecule has 2 aromatic rings. The van der Waals surface area contributed by atoms with Gasteiger partial charge >= 0.3 is 0 Å². The third kappa shape index (κ3) is 4.06. The predicted octanol–water partition coefficient (Wildman–Crippen LogP) is 4.68. The van der Waals surface area contributed by atoms with Crippen LogP contribution in [-0.2, 0) is 5.75 Å². The molecule has 0 radical (unpaired) electrons. The van der Waals surface area contributed by atoms with Gasteiger partial charge in [0.15, 0.2) is 0 Å². The summed E-state index contributed by atoms with van der Waals surface area (Å²) in [5.41, 5.74) is 1.03. The second kappa shape index (κ2) is 7.40. The van der Waals surface area contributed by atoms with Gasteiger partial charge in [-0.15, -0.1) is 11.8 Å². The molecule has 0 aliphatic carbocycles. The zero-order valence-electron chi connectivity index (χ0n) is 12.2. The second-order valence-corrected chi connectivity index (χ2v) is 6.91. The summed E-state index contributed by atoms with van der Waals surface area (Å²) in [4.78, 5) is 9.75. The first-order valence-electron chi connectivity index (χ1n) is 6.64. The van der Waals surface area contributed by atoms with Gasteiger partial charge in [0.2, 0.25) is 0 Å². The van der Waals surface area contributed by atoms with Crippen LogP contribution in [0.25, 0.3) is 0 Å². The zero-order chi connectivity index (χ0) is 15.4. The van der Waals surface area contributed by atoms with Crippen LogP contribution in [-0.4, -0.2) is 17.0 Å². The third-order valence-corrected chi connectivity index (χ3v) is 5.01. The molecule has 0 aliphatic heterocycles. The van der Waals surface area contributed by atoms with Gasteiger partial charge in [-0.3, -0.25) is 0 Å². The van der Waals surface area contributed by atoms with Crippen LogP contribution in [0.1, 0.15) is 31.3 Å². The fourth-order valence-corrected chi connectivity index (χ4v) is 3.76. The van der Waals surface area contributed by atoms with Crippen molar-refractivity contribution >= 4 is 40.2 Å². The Kier molecular flexibility index (Phi) is 5.80. The van der Waals surface area contributed by atoms with E-state index in [-0.39, 0.29) is 5.82 Å². The first-order valence-corrected chi connectivity index (χ1v) is 8.70.